The predicted molar refractivity (Wildman–Crippen MR) is 218 cm³/mol. The first-order valence-corrected chi connectivity index (χ1v) is 21.3. The second-order valence-electron chi connectivity index (χ2n) is 18.6. The van der Waals surface area contributed by atoms with Crippen LogP contribution in [0.25, 0.3) is 0 Å². The second kappa shape index (κ2) is 19.9. The van der Waals surface area contributed by atoms with Crippen molar-refractivity contribution in [2.45, 2.75) is 192 Å². The third-order valence-electron chi connectivity index (χ3n) is 13.4. The number of carbonyl (C=O) groups is 1. The van der Waals surface area contributed by atoms with Crippen LogP contribution < -0.4 is 0 Å². The molecule has 4 rings (SSSR count). The number of aliphatic hydroxyl groups is 5. The summed E-state index contributed by atoms with van der Waals surface area (Å²) in [5.41, 5.74) is -3.34. The third-order valence-corrected chi connectivity index (χ3v) is 13.4. The fraction of sp³-hybridized carbons (Fsp3) is 0.841. The zero-order valence-corrected chi connectivity index (χ0v) is 37.3. The summed E-state index contributed by atoms with van der Waals surface area (Å²) in [4.78, 5) is 18.4. The average Bonchev–Trinajstić information content (AvgIpc) is 3.16. The maximum absolute atomic E-state index is 14.3. The average molecular weight is 825 g/mol. The third kappa shape index (κ3) is 11.2. The lowest BCUT2D eigenvalue weighted by Gasteiger charge is -2.49. The van der Waals surface area contributed by atoms with Gasteiger partial charge in [0, 0.05) is 44.6 Å². The van der Waals surface area contributed by atoms with Gasteiger partial charge in [0.1, 0.15) is 30.0 Å². The van der Waals surface area contributed by atoms with Gasteiger partial charge in [-0.2, -0.15) is 0 Å². The summed E-state index contributed by atoms with van der Waals surface area (Å²) in [6.07, 6.45) is -8.51. The van der Waals surface area contributed by atoms with Crippen LogP contribution in [-0.2, 0) is 39.8 Å². The molecule has 1 aromatic rings. The Morgan fingerprint density at radius 2 is 1.57 bits per heavy atom. The van der Waals surface area contributed by atoms with E-state index in [9.17, 15) is 30.3 Å². The van der Waals surface area contributed by atoms with Crippen LogP contribution in [0, 0.1) is 17.8 Å². The summed E-state index contributed by atoms with van der Waals surface area (Å²) in [5.74, 6) is -2.65. The first kappa shape index (κ1) is 48.9. The van der Waals surface area contributed by atoms with Crippen LogP contribution in [0.1, 0.15) is 100 Å². The summed E-state index contributed by atoms with van der Waals surface area (Å²) in [5, 5.41) is 59.1. The van der Waals surface area contributed by atoms with Gasteiger partial charge in [-0.1, -0.05) is 51.1 Å². The van der Waals surface area contributed by atoms with E-state index in [4.69, 9.17) is 28.4 Å². The molecular formula is C44H76N2O12. The van der Waals surface area contributed by atoms with Crippen LogP contribution in [0.3, 0.4) is 0 Å². The predicted octanol–water partition coefficient (Wildman–Crippen LogP) is 3.47. The van der Waals surface area contributed by atoms with Crippen molar-refractivity contribution in [2.24, 2.45) is 17.8 Å². The molecule has 5 N–H and O–H groups in total. The van der Waals surface area contributed by atoms with E-state index in [1.807, 2.05) is 70.1 Å². The van der Waals surface area contributed by atoms with Gasteiger partial charge < -0.3 is 58.9 Å². The van der Waals surface area contributed by atoms with Crippen LogP contribution >= 0.6 is 0 Å². The van der Waals surface area contributed by atoms with Crippen molar-refractivity contribution in [3.63, 3.8) is 0 Å². The molecule has 0 spiro atoms. The minimum Gasteiger partial charge on any atom is -0.459 e. The molecule has 3 aliphatic heterocycles. The maximum atomic E-state index is 14.3. The number of esters is 1. The monoisotopic (exact) mass is 825 g/mol. The van der Waals surface area contributed by atoms with Crippen LogP contribution in [0.4, 0.5) is 0 Å². The van der Waals surface area contributed by atoms with E-state index in [-0.39, 0.29) is 37.3 Å². The minimum absolute atomic E-state index is 0.124. The Labute approximate surface area is 347 Å². The molecule has 14 heteroatoms. The molecule has 0 bridgehead atoms. The van der Waals surface area contributed by atoms with E-state index in [0.29, 0.717) is 19.5 Å². The van der Waals surface area contributed by atoms with Gasteiger partial charge in [0.2, 0.25) is 0 Å². The summed E-state index contributed by atoms with van der Waals surface area (Å²) >= 11 is 0. The Balaban J connectivity index is 1.79. The van der Waals surface area contributed by atoms with Crippen molar-refractivity contribution >= 4 is 5.97 Å². The molecule has 0 saturated carbocycles. The molecule has 58 heavy (non-hydrogen) atoms. The van der Waals surface area contributed by atoms with Crippen LogP contribution in [0.5, 0.6) is 0 Å². The van der Waals surface area contributed by atoms with Crippen molar-refractivity contribution < 1.29 is 58.7 Å². The number of cyclic esters (lactones) is 1. The van der Waals surface area contributed by atoms with Crippen molar-refractivity contribution in [2.75, 3.05) is 27.7 Å². The Kier molecular flexibility index (Phi) is 16.8. The van der Waals surface area contributed by atoms with Crippen LogP contribution in [-0.4, -0.2) is 159 Å². The largest absolute Gasteiger partial charge is 0.459 e. The lowest BCUT2D eigenvalue weighted by molar-refractivity contribution is -0.318. The van der Waals surface area contributed by atoms with E-state index in [0.717, 1.165) is 5.56 Å². The van der Waals surface area contributed by atoms with Crippen molar-refractivity contribution in [3.8, 4) is 0 Å². The number of hydrogen-bond acceptors (Lipinski definition) is 14. The molecular weight excluding hydrogens is 748 g/mol. The summed E-state index contributed by atoms with van der Waals surface area (Å²) in [7, 11) is 5.32. The molecule has 0 aromatic heterocycles. The Morgan fingerprint density at radius 1 is 0.931 bits per heavy atom. The highest BCUT2D eigenvalue weighted by atomic mass is 16.7. The van der Waals surface area contributed by atoms with Gasteiger partial charge in [-0.05, 0) is 93.3 Å². The van der Waals surface area contributed by atoms with Crippen molar-refractivity contribution in [1.29, 1.82) is 0 Å². The minimum atomic E-state index is -1.81. The van der Waals surface area contributed by atoms with Gasteiger partial charge >= 0.3 is 5.97 Å². The smallest absolute Gasteiger partial charge is 0.311 e. The molecule has 1 aromatic carbocycles. The lowest BCUT2D eigenvalue weighted by atomic mass is 9.77. The highest BCUT2D eigenvalue weighted by molar-refractivity contribution is 5.73. The molecule has 0 amide bonds. The molecule has 0 aliphatic carbocycles. The molecule has 1 unspecified atom stereocenters. The number of likely N-dealkylation sites (N-methyl/N-ethyl adjacent to an activating group) is 2. The second-order valence-corrected chi connectivity index (χ2v) is 18.6. The molecule has 3 aliphatic rings. The first-order valence-electron chi connectivity index (χ1n) is 21.3. The lowest BCUT2D eigenvalue weighted by Crippen LogP contribution is -2.60. The standard InChI is InChI=1S/C44H76N2O12/c1-14-33-44(10,52)37(48)29(6)45(11)23-25(2)21-42(8,51)39(58-41-35(47)32(20-26(3)54-41)46(12)24-31-18-16-15-17-19-31)27(4)36(28(5)40(50)56-33)57-34-22-43(9,53-13)38(49)30(7)55-34/h15-19,25-30,32-39,41,47-49,51-52H,14,20-24H2,1-13H3/t25-,26-,27?,28-,29-,30+,32+,33-,34+,35-,36+,37-,38+,39-,41+,42-,43-,44-/m1/s1. The molecule has 3 heterocycles. The number of aliphatic hydroxyl groups excluding tert-OH is 3. The van der Waals surface area contributed by atoms with Gasteiger partial charge in [0.15, 0.2) is 12.6 Å². The number of methoxy groups -OCH3 is 1. The van der Waals surface area contributed by atoms with Gasteiger partial charge in [0.25, 0.3) is 0 Å². The zero-order chi connectivity index (χ0) is 43.5. The number of rotatable bonds is 9. The van der Waals surface area contributed by atoms with Gasteiger partial charge in [-0.15, -0.1) is 0 Å². The Bertz CT molecular complexity index is 1440. The molecule has 18 atom stereocenters. The quantitative estimate of drug-likeness (QED) is 0.229. The van der Waals surface area contributed by atoms with Gasteiger partial charge in [-0.25, -0.2) is 0 Å². The number of carbonyl (C=O) groups excluding carboxylic acids is 1. The highest BCUT2D eigenvalue weighted by Gasteiger charge is 2.52. The van der Waals surface area contributed by atoms with Crippen molar-refractivity contribution in [1.82, 2.24) is 9.80 Å². The van der Waals surface area contributed by atoms with E-state index >= 15 is 0 Å². The Hall–Kier alpha value is -1.79. The Morgan fingerprint density at radius 3 is 2.17 bits per heavy atom. The van der Waals surface area contributed by atoms with E-state index < -0.39 is 96.0 Å². The van der Waals surface area contributed by atoms with Crippen molar-refractivity contribution in [3.05, 3.63) is 35.9 Å². The zero-order valence-electron chi connectivity index (χ0n) is 37.3. The van der Waals surface area contributed by atoms with Crippen LogP contribution in [0.15, 0.2) is 30.3 Å². The van der Waals surface area contributed by atoms with Crippen LogP contribution in [0.2, 0.25) is 0 Å². The van der Waals surface area contributed by atoms with Gasteiger partial charge in [0.05, 0.1) is 41.5 Å². The number of benzene rings is 1. The molecule has 3 fully saturated rings. The number of ether oxygens (including phenoxy) is 6. The summed E-state index contributed by atoms with van der Waals surface area (Å²) in [6, 6.07) is 9.12. The fourth-order valence-electron chi connectivity index (χ4n) is 9.65. The van der Waals surface area contributed by atoms with E-state index in [2.05, 4.69) is 4.90 Å². The SMILES string of the molecule is CC[C@H]1OC(=O)[C@H](C)[C@@H](O[C@H]2C[C@@](C)(OC)[C@@H](O)[C@H](C)O2)C(C)[C@@H](O[C@@H]2O[C@H](C)C[C@H](N(C)Cc3ccccc3)[C@H]2O)[C@](C)(O)C[C@@H](C)CN(C)[C@H](C)[C@@H](O)[C@]1(C)O. The number of nitrogens with zero attached hydrogens (tertiary/aromatic N) is 2. The molecule has 334 valence electrons. The summed E-state index contributed by atoms with van der Waals surface area (Å²) in [6.45, 7) is 18.7. The molecule has 0 radical (unpaired) electrons. The van der Waals surface area contributed by atoms with E-state index in [1.165, 1.54) is 14.0 Å². The normalized spacial score (nSPS) is 45.6. The highest BCUT2D eigenvalue weighted by Crippen LogP contribution is 2.40. The molecule has 3 saturated heterocycles. The topological polar surface area (TPSA) is 180 Å². The molecule has 14 nitrogen and oxygen atoms in total. The van der Waals surface area contributed by atoms with Gasteiger partial charge in [-0.3, -0.25) is 9.69 Å². The summed E-state index contributed by atoms with van der Waals surface area (Å²) < 4.78 is 38.0. The number of hydrogen-bond donors (Lipinski definition) is 5. The van der Waals surface area contributed by atoms with E-state index in [1.54, 1.807) is 41.5 Å². The maximum Gasteiger partial charge on any atom is 0.311 e. The first-order chi connectivity index (χ1) is 27.0. The fourth-order valence-corrected chi connectivity index (χ4v) is 9.65.